The third kappa shape index (κ3) is 2.38. The van der Waals surface area contributed by atoms with Gasteiger partial charge in [-0.1, -0.05) is 5.16 Å². The molecular weight excluding hydrogens is 202 g/mol. The van der Waals surface area contributed by atoms with Crippen molar-refractivity contribution in [2.45, 2.75) is 24.9 Å². The first kappa shape index (κ1) is 10.2. The zero-order chi connectivity index (χ0) is 10.7. The van der Waals surface area contributed by atoms with Crippen molar-refractivity contribution in [1.29, 1.82) is 0 Å². The number of hydrogen-bond donors (Lipinski definition) is 1. The smallest absolute Gasteiger partial charge is 0.341 e. The van der Waals surface area contributed by atoms with Gasteiger partial charge in [-0.15, -0.1) is 0 Å². The molecule has 15 heavy (non-hydrogen) atoms. The molecule has 6 nitrogen and oxygen atoms in total. The van der Waals surface area contributed by atoms with E-state index in [0.717, 1.165) is 19.4 Å². The van der Waals surface area contributed by atoms with Gasteiger partial charge in [-0.2, -0.15) is 0 Å². The maximum atomic E-state index is 10.3. The van der Waals surface area contributed by atoms with Gasteiger partial charge in [0.1, 0.15) is 0 Å². The Morgan fingerprint density at radius 3 is 3.20 bits per heavy atom. The topological polar surface area (TPSA) is 77.4 Å². The largest absolute Gasteiger partial charge is 0.479 e. The van der Waals surface area contributed by atoms with Crippen molar-refractivity contribution in [2.24, 2.45) is 5.16 Å². The number of carboxylic acids is 1. The molecule has 1 fully saturated rings. The van der Waals surface area contributed by atoms with E-state index in [4.69, 9.17) is 19.4 Å². The van der Waals surface area contributed by atoms with Crippen LogP contribution >= 0.6 is 0 Å². The molecule has 0 radical (unpaired) electrons. The van der Waals surface area contributed by atoms with Gasteiger partial charge >= 0.3 is 5.97 Å². The lowest BCUT2D eigenvalue weighted by Gasteiger charge is -2.29. The van der Waals surface area contributed by atoms with Crippen LogP contribution in [0.3, 0.4) is 0 Å². The van der Waals surface area contributed by atoms with Gasteiger partial charge in [-0.25, -0.2) is 4.79 Å². The molecule has 2 aliphatic heterocycles. The molecule has 2 aliphatic rings. The molecule has 2 rings (SSSR count). The molecule has 1 saturated heterocycles. The third-order valence-electron chi connectivity index (χ3n) is 2.46. The van der Waals surface area contributed by atoms with Crippen molar-refractivity contribution in [1.82, 2.24) is 0 Å². The van der Waals surface area contributed by atoms with Crippen molar-refractivity contribution in [3.05, 3.63) is 0 Å². The predicted molar refractivity (Wildman–Crippen MR) is 49.5 cm³/mol. The summed E-state index contributed by atoms with van der Waals surface area (Å²) in [5.41, 5.74) is -0.411. The molecule has 0 aromatic rings. The van der Waals surface area contributed by atoms with Crippen LogP contribution in [0.1, 0.15) is 19.3 Å². The Labute approximate surface area is 86.8 Å². The molecule has 0 amide bonds. The number of ether oxygens (including phenoxy) is 2. The second kappa shape index (κ2) is 4.06. The van der Waals surface area contributed by atoms with E-state index in [-0.39, 0.29) is 6.61 Å². The summed E-state index contributed by atoms with van der Waals surface area (Å²) >= 11 is 0. The van der Waals surface area contributed by atoms with E-state index in [1.165, 1.54) is 0 Å². The van der Waals surface area contributed by atoms with Gasteiger partial charge in [0.2, 0.25) is 5.90 Å². The molecule has 6 heteroatoms. The first-order chi connectivity index (χ1) is 7.20. The van der Waals surface area contributed by atoms with Crippen molar-refractivity contribution in [3.63, 3.8) is 0 Å². The predicted octanol–water partition coefficient (Wildman–Crippen LogP) is 0.371. The van der Waals surface area contributed by atoms with Crippen molar-refractivity contribution in [2.75, 3.05) is 19.8 Å². The van der Waals surface area contributed by atoms with E-state index in [2.05, 4.69) is 5.16 Å². The summed E-state index contributed by atoms with van der Waals surface area (Å²) in [7, 11) is 0. The molecular formula is C9H13NO5. The van der Waals surface area contributed by atoms with Crippen LogP contribution in [-0.4, -0.2) is 42.4 Å². The van der Waals surface area contributed by atoms with Gasteiger partial charge in [0, 0.05) is 6.61 Å². The van der Waals surface area contributed by atoms with Crippen molar-refractivity contribution in [3.8, 4) is 0 Å². The highest BCUT2D eigenvalue weighted by molar-refractivity contribution is 5.80. The Hall–Kier alpha value is -1.30. The lowest BCUT2D eigenvalue weighted by Crippen LogP contribution is -2.39. The standard InChI is InChI=1S/C9H13NO5/c11-8(12)5-14-7-4-9(15-10-7)2-1-3-13-6-9/h1-6H2,(H,11,12). The maximum absolute atomic E-state index is 10.3. The number of nitrogens with zero attached hydrogens (tertiary/aromatic N) is 1. The summed E-state index contributed by atoms with van der Waals surface area (Å²) in [6.45, 7) is 0.867. The highest BCUT2D eigenvalue weighted by Gasteiger charge is 2.42. The monoisotopic (exact) mass is 215 g/mol. The first-order valence-corrected chi connectivity index (χ1v) is 4.88. The average molecular weight is 215 g/mol. The van der Waals surface area contributed by atoms with E-state index >= 15 is 0 Å². The van der Waals surface area contributed by atoms with Crippen LogP contribution in [0.2, 0.25) is 0 Å². The number of carboxylic acid groups (broad SMARTS) is 1. The minimum absolute atomic E-state index is 0.350. The van der Waals surface area contributed by atoms with E-state index in [1.54, 1.807) is 0 Å². The number of rotatable bonds is 2. The highest BCUT2D eigenvalue weighted by atomic mass is 16.7. The first-order valence-electron chi connectivity index (χ1n) is 4.88. The van der Waals surface area contributed by atoms with E-state index < -0.39 is 11.6 Å². The van der Waals surface area contributed by atoms with Crippen LogP contribution in [0.15, 0.2) is 5.16 Å². The van der Waals surface area contributed by atoms with Gasteiger partial charge < -0.3 is 19.4 Å². The Kier molecular flexibility index (Phi) is 2.77. The molecule has 1 unspecified atom stereocenters. The summed E-state index contributed by atoms with van der Waals surface area (Å²) in [4.78, 5) is 15.5. The lowest BCUT2D eigenvalue weighted by molar-refractivity contribution is -0.139. The molecule has 0 saturated carbocycles. The van der Waals surface area contributed by atoms with Crippen LogP contribution in [0.4, 0.5) is 0 Å². The van der Waals surface area contributed by atoms with E-state index in [1.807, 2.05) is 0 Å². The molecule has 0 aromatic heterocycles. The summed E-state index contributed by atoms with van der Waals surface area (Å²) in [6, 6.07) is 0. The van der Waals surface area contributed by atoms with Crippen LogP contribution in [-0.2, 0) is 19.1 Å². The van der Waals surface area contributed by atoms with Crippen LogP contribution in [0.25, 0.3) is 0 Å². The molecule has 1 atom stereocenters. The molecule has 0 aliphatic carbocycles. The van der Waals surface area contributed by atoms with Gasteiger partial charge in [0.05, 0.1) is 13.0 Å². The van der Waals surface area contributed by atoms with E-state index in [9.17, 15) is 4.79 Å². The zero-order valence-electron chi connectivity index (χ0n) is 8.27. The fraction of sp³-hybridized carbons (Fsp3) is 0.778. The molecule has 0 bridgehead atoms. The highest BCUT2D eigenvalue weighted by Crippen LogP contribution is 2.32. The van der Waals surface area contributed by atoms with E-state index in [0.29, 0.717) is 18.9 Å². The number of hydrogen-bond acceptors (Lipinski definition) is 5. The Morgan fingerprint density at radius 2 is 2.53 bits per heavy atom. The van der Waals surface area contributed by atoms with Gasteiger partial charge in [0.15, 0.2) is 12.2 Å². The van der Waals surface area contributed by atoms with Gasteiger partial charge in [-0.05, 0) is 12.8 Å². The summed E-state index contributed by atoms with van der Waals surface area (Å²) in [5, 5.41) is 12.2. The summed E-state index contributed by atoms with van der Waals surface area (Å²) in [5.74, 6) is -0.665. The van der Waals surface area contributed by atoms with Crippen LogP contribution in [0.5, 0.6) is 0 Å². The van der Waals surface area contributed by atoms with Gasteiger partial charge in [-0.3, -0.25) is 0 Å². The fourth-order valence-corrected chi connectivity index (χ4v) is 1.75. The zero-order valence-corrected chi connectivity index (χ0v) is 8.27. The maximum Gasteiger partial charge on any atom is 0.341 e. The number of aliphatic carboxylic acids is 1. The second-order valence-corrected chi connectivity index (χ2v) is 3.77. The summed E-state index contributed by atoms with van der Waals surface area (Å²) in [6.07, 6.45) is 2.30. The van der Waals surface area contributed by atoms with Crippen LogP contribution in [0, 0.1) is 0 Å². The van der Waals surface area contributed by atoms with Crippen molar-refractivity contribution < 1.29 is 24.2 Å². The quantitative estimate of drug-likeness (QED) is 0.720. The molecule has 2 heterocycles. The van der Waals surface area contributed by atoms with Gasteiger partial charge in [0.25, 0.3) is 0 Å². The molecule has 84 valence electrons. The minimum Gasteiger partial charge on any atom is -0.479 e. The van der Waals surface area contributed by atoms with Crippen molar-refractivity contribution >= 4 is 11.9 Å². The fourth-order valence-electron chi connectivity index (χ4n) is 1.75. The normalized spacial score (nSPS) is 29.7. The number of oxime groups is 1. The Balaban J connectivity index is 1.83. The molecule has 1 spiro atoms. The lowest BCUT2D eigenvalue weighted by atomic mass is 9.93. The SMILES string of the molecule is O=C(O)COC1=NOC2(CCCOC2)C1. The third-order valence-corrected chi connectivity index (χ3v) is 2.46. The van der Waals surface area contributed by atoms with Crippen LogP contribution < -0.4 is 0 Å². The second-order valence-electron chi connectivity index (χ2n) is 3.77. The molecule has 1 N–H and O–H groups in total. The Bertz CT molecular complexity index is 282. The average Bonchev–Trinajstić information content (AvgIpc) is 2.60. The Morgan fingerprint density at radius 1 is 1.67 bits per heavy atom. The summed E-state index contributed by atoms with van der Waals surface area (Å²) < 4.78 is 10.3. The minimum atomic E-state index is -1.02. The number of carbonyl (C=O) groups is 1. The molecule has 0 aromatic carbocycles.